The summed E-state index contributed by atoms with van der Waals surface area (Å²) in [5.74, 6) is 0. The average Bonchev–Trinajstić information content (AvgIpc) is 2.92. The van der Waals surface area contributed by atoms with Gasteiger partial charge < -0.3 is 15.7 Å². The van der Waals surface area contributed by atoms with Gasteiger partial charge in [-0.2, -0.15) is 5.10 Å². The number of urea groups is 1. The van der Waals surface area contributed by atoms with E-state index in [0.29, 0.717) is 12.1 Å². The number of amides is 2. The van der Waals surface area contributed by atoms with Gasteiger partial charge in [-0.3, -0.25) is 4.68 Å². The highest BCUT2D eigenvalue weighted by Gasteiger charge is 2.25. The Balaban J connectivity index is 1.84. The molecule has 0 saturated carbocycles. The molecule has 1 unspecified atom stereocenters. The summed E-state index contributed by atoms with van der Waals surface area (Å²) in [6, 6.07) is 7.57. The van der Waals surface area contributed by atoms with Crippen molar-refractivity contribution in [1.82, 2.24) is 20.4 Å². The fourth-order valence-electron chi connectivity index (χ4n) is 2.10. The van der Waals surface area contributed by atoms with Gasteiger partial charge in [0, 0.05) is 25.4 Å². The third-order valence-corrected chi connectivity index (χ3v) is 3.62. The lowest BCUT2D eigenvalue weighted by molar-refractivity contribution is 0.0593. The molecule has 1 aromatic carbocycles. The molecule has 6 heteroatoms. The molecule has 0 saturated heterocycles. The number of rotatable bonds is 5. The van der Waals surface area contributed by atoms with Gasteiger partial charge >= 0.3 is 6.03 Å². The molecule has 0 bridgehead atoms. The number of aryl methyl sites for hydroxylation is 2. The molecule has 118 valence electrons. The molecule has 0 aliphatic rings. The minimum atomic E-state index is -1.16. The van der Waals surface area contributed by atoms with Crippen LogP contribution in [-0.4, -0.2) is 27.5 Å². The molecule has 2 amide bonds. The van der Waals surface area contributed by atoms with Crippen molar-refractivity contribution in [3.05, 3.63) is 53.3 Å². The number of nitrogens with one attached hydrogen (secondary N) is 2. The zero-order valence-electron chi connectivity index (χ0n) is 13.1. The van der Waals surface area contributed by atoms with E-state index in [2.05, 4.69) is 15.7 Å². The average molecular weight is 302 g/mol. The fraction of sp³-hybridized carbons (Fsp3) is 0.375. The maximum Gasteiger partial charge on any atom is 0.315 e. The van der Waals surface area contributed by atoms with Crippen LogP contribution in [0.4, 0.5) is 4.79 Å². The number of hydrogen-bond donors (Lipinski definition) is 3. The molecule has 2 rings (SSSR count). The van der Waals surface area contributed by atoms with Crippen LogP contribution in [0.5, 0.6) is 0 Å². The Kier molecular flexibility index (Phi) is 4.82. The number of aromatic nitrogens is 2. The van der Waals surface area contributed by atoms with Gasteiger partial charge in [-0.25, -0.2) is 4.79 Å². The van der Waals surface area contributed by atoms with Crippen molar-refractivity contribution in [2.75, 3.05) is 6.54 Å². The van der Waals surface area contributed by atoms with Gasteiger partial charge in [-0.15, -0.1) is 0 Å². The molecule has 0 spiro atoms. The van der Waals surface area contributed by atoms with Gasteiger partial charge in [-0.1, -0.05) is 24.3 Å². The van der Waals surface area contributed by atoms with Crippen LogP contribution in [0.1, 0.15) is 23.6 Å². The van der Waals surface area contributed by atoms with Crippen LogP contribution in [0.15, 0.2) is 36.7 Å². The zero-order valence-corrected chi connectivity index (χ0v) is 13.1. The van der Waals surface area contributed by atoms with Crippen LogP contribution < -0.4 is 10.6 Å². The highest BCUT2D eigenvalue weighted by atomic mass is 16.3. The molecule has 6 nitrogen and oxygen atoms in total. The minimum absolute atomic E-state index is 0.109. The van der Waals surface area contributed by atoms with Gasteiger partial charge in [0.25, 0.3) is 0 Å². The number of aliphatic hydroxyl groups is 1. The molecular formula is C16H22N4O2. The highest BCUT2D eigenvalue weighted by Crippen LogP contribution is 2.18. The summed E-state index contributed by atoms with van der Waals surface area (Å²) in [6.07, 6.45) is 3.32. The van der Waals surface area contributed by atoms with Crippen LogP contribution in [-0.2, 0) is 19.2 Å². The molecule has 3 N–H and O–H groups in total. The molecule has 2 aromatic rings. The summed E-state index contributed by atoms with van der Waals surface area (Å²) in [5, 5.41) is 19.9. The van der Waals surface area contributed by atoms with E-state index in [1.807, 2.05) is 31.2 Å². The molecular weight excluding hydrogens is 280 g/mol. The third kappa shape index (κ3) is 4.08. The summed E-state index contributed by atoms with van der Waals surface area (Å²) in [7, 11) is 1.78. The van der Waals surface area contributed by atoms with E-state index >= 15 is 0 Å². The Morgan fingerprint density at radius 1 is 1.36 bits per heavy atom. The van der Waals surface area contributed by atoms with E-state index < -0.39 is 5.60 Å². The van der Waals surface area contributed by atoms with Crippen molar-refractivity contribution in [2.45, 2.75) is 26.0 Å². The molecule has 0 fully saturated rings. The third-order valence-electron chi connectivity index (χ3n) is 3.62. The first kappa shape index (κ1) is 16.0. The van der Waals surface area contributed by atoms with Crippen molar-refractivity contribution in [3.63, 3.8) is 0 Å². The van der Waals surface area contributed by atoms with E-state index in [4.69, 9.17) is 0 Å². The molecule has 0 radical (unpaired) electrons. The maximum absolute atomic E-state index is 11.9. The standard InChI is InChI=1S/C16H22N4O2/c1-12-6-4-5-7-13(12)8-17-15(21)18-11-16(2,22)14-9-19-20(3)10-14/h4-7,9-10,22H,8,11H2,1-3H3,(H2,17,18,21). The van der Waals surface area contributed by atoms with Crippen molar-refractivity contribution >= 4 is 6.03 Å². The minimum Gasteiger partial charge on any atom is -0.383 e. The van der Waals surface area contributed by atoms with Crippen LogP contribution in [0, 0.1) is 6.92 Å². The molecule has 22 heavy (non-hydrogen) atoms. The summed E-state index contributed by atoms with van der Waals surface area (Å²) in [6.45, 7) is 4.21. The van der Waals surface area contributed by atoms with Crippen molar-refractivity contribution in [1.29, 1.82) is 0 Å². The predicted octanol–water partition coefficient (Wildman–Crippen LogP) is 1.44. The number of benzene rings is 1. The van der Waals surface area contributed by atoms with E-state index in [-0.39, 0.29) is 12.6 Å². The Hall–Kier alpha value is -2.34. The lowest BCUT2D eigenvalue weighted by Gasteiger charge is -2.22. The quantitative estimate of drug-likeness (QED) is 0.782. The molecule has 0 aliphatic heterocycles. The summed E-state index contributed by atoms with van der Waals surface area (Å²) in [5.41, 5.74) is 1.70. The van der Waals surface area contributed by atoms with Crippen molar-refractivity contribution < 1.29 is 9.90 Å². The Labute approximate surface area is 130 Å². The first-order chi connectivity index (χ1) is 10.4. The first-order valence-electron chi connectivity index (χ1n) is 7.16. The predicted molar refractivity (Wildman–Crippen MR) is 84.2 cm³/mol. The second-order valence-corrected chi connectivity index (χ2v) is 5.64. The first-order valence-corrected chi connectivity index (χ1v) is 7.16. The van der Waals surface area contributed by atoms with E-state index in [9.17, 15) is 9.90 Å². The topological polar surface area (TPSA) is 79.2 Å². The number of carbonyl (C=O) groups excluding carboxylic acids is 1. The molecule has 0 aliphatic carbocycles. The van der Waals surface area contributed by atoms with E-state index in [0.717, 1.165) is 11.1 Å². The summed E-state index contributed by atoms with van der Waals surface area (Å²) < 4.78 is 1.61. The van der Waals surface area contributed by atoms with E-state index in [1.54, 1.807) is 31.0 Å². The lowest BCUT2D eigenvalue weighted by Crippen LogP contribution is -2.43. The molecule has 1 atom stereocenters. The smallest absolute Gasteiger partial charge is 0.315 e. The van der Waals surface area contributed by atoms with Gasteiger partial charge in [0.15, 0.2) is 0 Å². The van der Waals surface area contributed by atoms with Gasteiger partial charge in [0.1, 0.15) is 5.60 Å². The normalized spacial score (nSPS) is 13.5. The monoisotopic (exact) mass is 302 g/mol. The lowest BCUT2D eigenvalue weighted by atomic mass is 10.00. The van der Waals surface area contributed by atoms with Crippen LogP contribution in [0.3, 0.4) is 0 Å². The largest absolute Gasteiger partial charge is 0.383 e. The van der Waals surface area contributed by atoms with Crippen LogP contribution >= 0.6 is 0 Å². The fourth-order valence-corrected chi connectivity index (χ4v) is 2.10. The van der Waals surface area contributed by atoms with Crippen molar-refractivity contribution in [3.8, 4) is 0 Å². The second kappa shape index (κ2) is 6.62. The summed E-state index contributed by atoms with van der Waals surface area (Å²) >= 11 is 0. The Bertz CT molecular complexity index is 649. The van der Waals surface area contributed by atoms with Gasteiger partial charge in [0.2, 0.25) is 0 Å². The van der Waals surface area contributed by atoms with E-state index in [1.165, 1.54) is 0 Å². The van der Waals surface area contributed by atoms with Crippen LogP contribution in [0.25, 0.3) is 0 Å². The molecule has 1 aromatic heterocycles. The Morgan fingerprint density at radius 3 is 2.73 bits per heavy atom. The second-order valence-electron chi connectivity index (χ2n) is 5.64. The zero-order chi connectivity index (χ0) is 16.2. The van der Waals surface area contributed by atoms with Gasteiger partial charge in [-0.05, 0) is 25.0 Å². The SMILES string of the molecule is Cc1ccccc1CNC(=O)NCC(C)(O)c1cnn(C)c1. The molecule has 1 heterocycles. The number of hydrogen-bond acceptors (Lipinski definition) is 3. The maximum atomic E-state index is 11.9. The Morgan fingerprint density at radius 2 is 2.09 bits per heavy atom. The highest BCUT2D eigenvalue weighted by molar-refractivity contribution is 5.74. The number of nitrogens with zero attached hydrogens (tertiary/aromatic N) is 2. The van der Waals surface area contributed by atoms with Crippen molar-refractivity contribution in [2.24, 2.45) is 7.05 Å². The summed E-state index contributed by atoms with van der Waals surface area (Å²) in [4.78, 5) is 11.9. The van der Waals surface area contributed by atoms with Crippen LogP contribution in [0.2, 0.25) is 0 Å². The number of carbonyl (C=O) groups is 1. The van der Waals surface area contributed by atoms with Gasteiger partial charge in [0.05, 0.1) is 12.7 Å².